The Morgan fingerprint density at radius 2 is 2.00 bits per heavy atom. The van der Waals surface area contributed by atoms with E-state index < -0.39 is 0 Å². The van der Waals surface area contributed by atoms with Crippen molar-refractivity contribution < 1.29 is 14.3 Å². The zero-order valence-electron chi connectivity index (χ0n) is 12.3. The van der Waals surface area contributed by atoms with Gasteiger partial charge in [0.15, 0.2) is 0 Å². The minimum atomic E-state index is -0.166. The minimum absolute atomic E-state index is 0.166. The molecule has 0 aromatic carbocycles. The van der Waals surface area contributed by atoms with Gasteiger partial charge in [-0.1, -0.05) is 0 Å². The van der Waals surface area contributed by atoms with Gasteiger partial charge in [0.2, 0.25) is 0 Å². The Morgan fingerprint density at radius 3 is 2.63 bits per heavy atom. The average Bonchev–Trinajstić information content (AvgIpc) is 2.43. The summed E-state index contributed by atoms with van der Waals surface area (Å²) >= 11 is 0. The summed E-state index contributed by atoms with van der Waals surface area (Å²) in [4.78, 5) is 13.3. The average molecular weight is 272 g/mol. The summed E-state index contributed by atoms with van der Waals surface area (Å²) in [7, 11) is 1.75. The Morgan fingerprint density at radius 1 is 1.26 bits per heavy atom. The fourth-order valence-corrected chi connectivity index (χ4v) is 2.34. The summed E-state index contributed by atoms with van der Waals surface area (Å²) < 4.78 is 10.0. The number of carbonyl (C=O) groups is 1. The van der Waals surface area contributed by atoms with Crippen molar-refractivity contribution in [3.63, 3.8) is 0 Å². The molecule has 0 aliphatic carbocycles. The maximum atomic E-state index is 11.5. The first-order valence-electron chi connectivity index (χ1n) is 7.42. The molecule has 1 heterocycles. The summed E-state index contributed by atoms with van der Waals surface area (Å²) in [5.74, 6) is 0. The molecule has 0 bridgehead atoms. The molecule has 1 amide bonds. The third kappa shape index (κ3) is 6.78. The van der Waals surface area contributed by atoms with Crippen LogP contribution in [0.25, 0.3) is 0 Å². The van der Waals surface area contributed by atoms with Crippen molar-refractivity contribution in [1.82, 2.24) is 10.2 Å². The molecule has 0 radical (unpaired) electrons. The minimum Gasteiger partial charge on any atom is -0.450 e. The van der Waals surface area contributed by atoms with Gasteiger partial charge in [0.05, 0.1) is 6.61 Å². The highest BCUT2D eigenvalue weighted by Crippen LogP contribution is 2.11. The predicted octanol–water partition coefficient (Wildman–Crippen LogP) is 2.01. The molecular formula is C14H28N2O3. The van der Waals surface area contributed by atoms with Crippen molar-refractivity contribution in [2.24, 2.45) is 0 Å². The van der Waals surface area contributed by atoms with Crippen LogP contribution < -0.4 is 5.32 Å². The number of carbonyl (C=O) groups excluding carboxylic acids is 1. The SMILES string of the molecule is CCOC(=O)N1CCC(NCCCCCOC)CC1. The maximum Gasteiger partial charge on any atom is 0.409 e. The van der Waals surface area contributed by atoms with Crippen molar-refractivity contribution in [3.8, 4) is 0 Å². The van der Waals surface area contributed by atoms with Crippen LogP contribution in [-0.2, 0) is 9.47 Å². The molecular weight excluding hydrogens is 244 g/mol. The summed E-state index contributed by atoms with van der Waals surface area (Å²) in [5, 5.41) is 3.57. The van der Waals surface area contributed by atoms with Crippen molar-refractivity contribution in [3.05, 3.63) is 0 Å². The first-order chi connectivity index (χ1) is 9.27. The number of methoxy groups -OCH3 is 1. The third-order valence-corrected chi connectivity index (χ3v) is 3.48. The van der Waals surface area contributed by atoms with Crippen LogP contribution in [0.15, 0.2) is 0 Å². The summed E-state index contributed by atoms with van der Waals surface area (Å²) in [6.45, 7) is 5.83. The molecule has 0 saturated carbocycles. The molecule has 112 valence electrons. The summed E-state index contributed by atoms with van der Waals surface area (Å²) in [6.07, 6.45) is 5.43. The molecule has 1 rings (SSSR count). The number of amides is 1. The van der Waals surface area contributed by atoms with Crippen LogP contribution in [0.3, 0.4) is 0 Å². The van der Waals surface area contributed by atoms with Crippen LogP contribution in [0.5, 0.6) is 0 Å². The molecule has 5 nitrogen and oxygen atoms in total. The fourth-order valence-electron chi connectivity index (χ4n) is 2.34. The molecule has 1 saturated heterocycles. The standard InChI is InChI=1S/C14H28N2O3/c1-3-19-14(17)16-10-7-13(8-11-16)15-9-5-4-6-12-18-2/h13,15H,3-12H2,1-2H3. The number of hydrogen-bond donors (Lipinski definition) is 1. The number of hydrogen-bond acceptors (Lipinski definition) is 4. The number of piperidine rings is 1. The first-order valence-corrected chi connectivity index (χ1v) is 7.42. The van der Waals surface area contributed by atoms with Gasteiger partial charge in [0.1, 0.15) is 0 Å². The second-order valence-electron chi connectivity index (χ2n) is 4.97. The van der Waals surface area contributed by atoms with Crippen LogP contribution >= 0.6 is 0 Å². The lowest BCUT2D eigenvalue weighted by Gasteiger charge is -2.31. The number of nitrogens with zero attached hydrogens (tertiary/aromatic N) is 1. The van der Waals surface area contributed by atoms with Gasteiger partial charge in [-0.05, 0) is 45.6 Å². The van der Waals surface area contributed by atoms with E-state index in [9.17, 15) is 4.79 Å². The van der Waals surface area contributed by atoms with Gasteiger partial charge in [-0.3, -0.25) is 0 Å². The Bertz CT molecular complexity index is 241. The van der Waals surface area contributed by atoms with Crippen molar-refractivity contribution in [2.45, 2.75) is 45.1 Å². The molecule has 5 heteroatoms. The predicted molar refractivity (Wildman–Crippen MR) is 75.3 cm³/mol. The van der Waals surface area contributed by atoms with Crippen LogP contribution in [0.1, 0.15) is 39.0 Å². The quantitative estimate of drug-likeness (QED) is 0.687. The first kappa shape index (κ1) is 16.2. The maximum absolute atomic E-state index is 11.5. The Balaban J connectivity index is 2.02. The zero-order valence-corrected chi connectivity index (χ0v) is 12.3. The van der Waals surface area contributed by atoms with Crippen LogP contribution in [0, 0.1) is 0 Å². The Labute approximate surface area is 116 Å². The lowest BCUT2D eigenvalue weighted by molar-refractivity contribution is 0.0951. The van der Waals surface area contributed by atoms with E-state index in [-0.39, 0.29) is 6.09 Å². The molecule has 1 aliphatic rings. The van der Waals surface area contributed by atoms with E-state index in [2.05, 4.69) is 5.32 Å². The van der Waals surface area contributed by atoms with Crippen LogP contribution in [-0.4, -0.2) is 57.0 Å². The van der Waals surface area contributed by atoms with E-state index in [1.165, 1.54) is 12.8 Å². The van der Waals surface area contributed by atoms with Gasteiger partial charge < -0.3 is 19.7 Å². The van der Waals surface area contributed by atoms with Gasteiger partial charge in [0, 0.05) is 32.8 Å². The highest BCUT2D eigenvalue weighted by Gasteiger charge is 2.22. The van der Waals surface area contributed by atoms with Gasteiger partial charge in [-0.25, -0.2) is 4.79 Å². The van der Waals surface area contributed by atoms with E-state index in [4.69, 9.17) is 9.47 Å². The van der Waals surface area contributed by atoms with E-state index in [1.807, 2.05) is 6.92 Å². The van der Waals surface area contributed by atoms with Crippen LogP contribution in [0.2, 0.25) is 0 Å². The second-order valence-corrected chi connectivity index (χ2v) is 4.97. The van der Waals surface area contributed by atoms with E-state index >= 15 is 0 Å². The number of rotatable bonds is 8. The number of ether oxygens (including phenoxy) is 2. The van der Waals surface area contributed by atoms with Crippen molar-refractivity contribution >= 4 is 6.09 Å². The van der Waals surface area contributed by atoms with Gasteiger partial charge in [0.25, 0.3) is 0 Å². The second kappa shape index (κ2) is 10.0. The van der Waals surface area contributed by atoms with E-state index in [1.54, 1.807) is 12.0 Å². The topological polar surface area (TPSA) is 50.8 Å². The number of nitrogens with one attached hydrogen (secondary N) is 1. The van der Waals surface area contributed by atoms with E-state index in [0.717, 1.165) is 45.5 Å². The number of unbranched alkanes of at least 4 members (excludes halogenated alkanes) is 2. The fraction of sp³-hybridized carbons (Fsp3) is 0.929. The molecule has 0 spiro atoms. The highest BCUT2D eigenvalue weighted by atomic mass is 16.6. The molecule has 19 heavy (non-hydrogen) atoms. The lowest BCUT2D eigenvalue weighted by atomic mass is 10.1. The monoisotopic (exact) mass is 272 g/mol. The smallest absolute Gasteiger partial charge is 0.409 e. The van der Waals surface area contributed by atoms with E-state index in [0.29, 0.717) is 12.6 Å². The molecule has 0 aromatic rings. The van der Waals surface area contributed by atoms with Gasteiger partial charge in [-0.2, -0.15) is 0 Å². The van der Waals surface area contributed by atoms with Crippen molar-refractivity contribution in [2.75, 3.05) is 40.0 Å². The molecule has 0 aromatic heterocycles. The molecule has 1 fully saturated rings. The van der Waals surface area contributed by atoms with Crippen LogP contribution in [0.4, 0.5) is 4.79 Å². The molecule has 1 N–H and O–H groups in total. The zero-order chi connectivity index (χ0) is 13.9. The number of likely N-dealkylation sites (tertiary alicyclic amines) is 1. The molecule has 0 atom stereocenters. The van der Waals surface area contributed by atoms with Crippen molar-refractivity contribution in [1.29, 1.82) is 0 Å². The van der Waals surface area contributed by atoms with Gasteiger partial charge >= 0.3 is 6.09 Å². The Hall–Kier alpha value is -0.810. The lowest BCUT2D eigenvalue weighted by Crippen LogP contribution is -2.45. The third-order valence-electron chi connectivity index (χ3n) is 3.48. The molecule has 1 aliphatic heterocycles. The molecule has 0 unspecified atom stereocenters. The summed E-state index contributed by atoms with van der Waals surface area (Å²) in [6, 6.07) is 0.549. The van der Waals surface area contributed by atoms with Gasteiger partial charge in [-0.15, -0.1) is 0 Å². The Kier molecular flexibility index (Phi) is 8.58. The normalized spacial score (nSPS) is 16.6. The summed E-state index contributed by atoms with van der Waals surface area (Å²) in [5.41, 5.74) is 0. The largest absolute Gasteiger partial charge is 0.450 e. The highest BCUT2D eigenvalue weighted by molar-refractivity contribution is 5.67.